The molecule has 0 heterocycles. The first-order chi connectivity index (χ1) is 15.1. The number of carbonyl (C=O) groups excluding carboxylic acids is 2. The van der Waals surface area contributed by atoms with Gasteiger partial charge in [0, 0.05) is 23.5 Å². The van der Waals surface area contributed by atoms with Crippen LogP contribution in [0.1, 0.15) is 46.1 Å². The van der Waals surface area contributed by atoms with Crippen LogP contribution in [0.5, 0.6) is 11.5 Å². The van der Waals surface area contributed by atoms with Crippen molar-refractivity contribution in [2.24, 2.45) is 0 Å². The summed E-state index contributed by atoms with van der Waals surface area (Å²) in [5.41, 5.74) is 0.508. The van der Waals surface area contributed by atoms with Crippen molar-refractivity contribution in [1.29, 1.82) is 0 Å². The molecule has 0 saturated carbocycles. The van der Waals surface area contributed by atoms with E-state index >= 15 is 0 Å². The monoisotopic (exact) mass is 460 g/mol. The molecule has 1 N–H and O–H groups in total. The van der Waals surface area contributed by atoms with Crippen LogP contribution in [0.25, 0.3) is 0 Å². The van der Waals surface area contributed by atoms with Crippen LogP contribution in [0.4, 0.5) is 0 Å². The number of methoxy groups -OCH3 is 1. The number of hydrogen-bond donors (Lipinski definition) is 1. The van der Waals surface area contributed by atoms with Crippen molar-refractivity contribution in [2.75, 3.05) is 13.7 Å². The van der Waals surface area contributed by atoms with E-state index in [1.165, 1.54) is 0 Å². The third-order valence-corrected chi connectivity index (χ3v) is 5.02. The fourth-order valence-corrected chi connectivity index (χ4v) is 3.24. The number of hydrogen-bond acceptors (Lipinski definition) is 4. The van der Waals surface area contributed by atoms with Crippen LogP contribution in [-0.2, 0) is 16.1 Å². The number of benzene rings is 2. The van der Waals surface area contributed by atoms with Crippen LogP contribution in [-0.4, -0.2) is 42.0 Å². The summed E-state index contributed by atoms with van der Waals surface area (Å²) in [5.74, 6) is 1.11. The van der Waals surface area contributed by atoms with Gasteiger partial charge in [0.15, 0.2) is 0 Å². The summed E-state index contributed by atoms with van der Waals surface area (Å²) in [6.07, 6.45) is 0.800. The summed E-state index contributed by atoms with van der Waals surface area (Å²) in [6.45, 7) is 8.21. The van der Waals surface area contributed by atoms with Gasteiger partial charge in [-0.1, -0.05) is 23.7 Å². The fourth-order valence-electron chi connectivity index (χ4n) is 3.11. The third kappa shape index (κ3) is 8.42. The molecule has 2 aromatic rings. The van der Waals surface area contributed by atoms with E-state index in [1.807, 2.05) is 45.0 Å². The molecule has 0 aliphatic carbocycles. The maximum Gasteiger partial charge on any atom is 0.242 e. The maximum absolute atomic E-state index is 13.1. The van der Waals surface area contributed by atoms with E-state index in [2.05, 4.69) is 5.32 Å². The van der Waals surface area contributed by atoms with Crippen LogP contribution < -0.4 is 14.8 Å². The summed E-state index contributed by atoms with van der Waals surface area (Å²) in [4.78, 5) is 27.5. The number of carbonyl (C=O) groups is 2. The van der Waals surface area contributed by atoms with Crippen LogP contribution in [0, 0.1) is 0 Å². The highest BCUT2D eigenvalue weighted by Gasteiger charge is 2.28. The molecule has 0 spiro atoms. The highest BCUT2D eigenvalue weighted by Crippen LogP contribution is 2.18. The predicted molar refractivity (Wildman–Crippen MR) is 127 cm³/mol. The summed E-state index contributed by atoms with van der Waals surface area (Å²) in [7, 11) is 1.60. The Morgan fingerprint density at radius 3 is 2.41 bits per heavy atom. The molecule has 2 aromatic carbocycles. The molecule has 0 radical (unpaired) electrons. The second-order valence-electron chi connectivity index (χ2n) is 8.69. The molecule has 2 rings (SSSR count). The first-order valence-corrected chi connectivity index (χ1v) is 11.1. The van der Waals surface area contributed by atoms with Gasteiger partial charge in [-0.3, -0.25) is 9.59 Å². The second kappa shape index (κ2) is 11.8. The first kappa shape index (κ1) is 25.5. The summed E-state index contributed by atoms with van der Waals surface area (Å²) >= 11 is 5.88. The van der Waals surface area contributed by atoms with Gasteiger partial charge in [0.05, 0.1) is 13.7 Å². The minimum Gasteiger partial charge on any atom is -0.497 e. The van der Waals surface area contributed by atoms with Crippen LogP contribution in [0.3, 0.4) is 0 Å². The zero-order valence-electron chi connectivity index (χ0n) is 19.5. The number of amides is 2. The average molecular weight is 461 g/mol. The van der Waals surface area contributed by atoms with Crippen molar-refractivity contribution < 1.29 is 19.1 Å². The molecule has 0 saturated heterocycles. The Morgan fingerprint density at radius 1 is 1.09 bits per heavy atom. The lowest BCUT2D eigenvalue weighted by atomic mass is 10.1. The molecule has 7 heteroatoms. The SMILES string of the molecule is COc1cccc(CN(C(=O)CCCOc2ccc(Cl)cc2)[C@H](C)C(=O)NC(C)(C)C)c1. The van der Waals surface area contributed by atoms with Gasteiger partial charge < -0.3 is 19.7 Å². The van der Waals surface area contributed by atoms with Gasteiger partial charge in [0.2, 0.25) is 11.8 Å². The van der Waals surface area contributed by atoms with Crippen molar-refractivity contribution in [3.8, 4) is 11.5 Å². The Morgan fingerprint density at radius 2 is 1.78 bits per heavy atom. The molecular weight excluding hydrogens is 428 g/mol. The maximum atomic E-state index is 13.1. The van der Waals surface area contributed by atoms with Gasteiger partial charge in [0.25, 0.3) is 0 Å². The molecule has 0 aliphatic heterocycles. The zero-order valence-corrected chi connectivity index (χ0v) is 20.2. The fraction of sp³-hybridized carbons (Fsp3) is 0.440. The second-order valence-corrected chi connectivity index (χ2v) is 9.13. The molecule has 0 unspecified atom stereocenters. The molecular formula is C25H33ClN2O4. The van der Waals surface area contributed by atoms with Crippen molar-refractivity contribution in [3.05, 3.63) is 59.1 Å². The molecule has 0 bridgehead atoms. The first-order valence-electron chi connectivity index (χ1n) is 10.7. The molecule has 174 valence electrons. The lowest BCUT2D eigenvalue weighted by Gasteiger charge is -2.31. The van der Waals surface area contributed by atoms with E-state index in [1.54, 1.807) is 43.2 Å². The van der Waals surface area contributed by atoms with E-state index in [0.717, 1.165) is 5.56 Å². The smallest absolute Gasteiger partial charge is 0.242 e. The van der Waals surface area contributed by atoms with E-state index in [9.17, 15) is 9.59 Å². The molecule has 2 amide bonds. The van der Waals surface area contributed by atoms with Crippen molar-refractivity contribution in [1.82, 2.24) is 10.2 Å². The molecule has 6 nitrogen and oxygen atoms in total. The quantitative estimate of drug-likeness (QED) is 0.515. The lowest BCUT2D eigenvalue weighted by molar-refractivity contribution is -0.141. The summed E-state index contributed by atoms with van der Waals surface area (Å²) < 4.78 is 11.0. The van der Waals surface area contributed by atoms with E-state index in [4.69, 9.17) is 21.1 Å². The predicted octanol–water partition coefficient (Wildman–Crippen LogP) is 4.84. The normalized spacial score (nSPS) is 12.1. The Kier molecular flexibility index (Phi) is 9.39. The zero-order chi connectivity index (χ0) is 23.7. The van der Waals surface area contributed by atoms with Gasteiger partial charge in [0.1, 0.15) is 17.5 Å². The number of halogens is 1. The average Bonchev–Trinajstić information content (AvgIpc) is 2.74. The highest BCUT2D eigenvalue weighted by molar-refractivity contribution is 6.30. The topological polar surface area (TPSA) is 67.9 Å². The lowest BCUT2D eigenvalue weighted by Crippen LogP contribution is -2.52. The third-order valence-electron chi connectivity index (χ3n) is 4.77. The standard InChI is InChI=1S/C25H33ClN2O4/c1-18(24(30)27-25(2,3)4)28(17-19-8-6-9-22(16-19)31-5)23(29)10-7-15-32-21-13-11-20(26)12-14-21/h6,8-9,11-14,16,18H,7,10,15,17H2,1-5H3,(H,27,30)/t18-/m1/s1. The van der Waals surface area contributed by atoms with Gasteiger partial charge in [-0.2, -0.15) is 0 Å². The Hall–Kier alpha value is -2.73. The molecule has 0 fully saturated rings. The Bertz CT molecular complexity index is 894. The van der Waals surface area contributed by atoms with Crippen LogP contribution in [0.15, 0.2) is 48.5 Å². The molecule has 1 atom stereocenters. The number of nitrogens with zero attached hydrogens (tertiary/aromatic N) is 1. The molecule has 0 aromatic heterocycles. The molecule has 32 heavy (non-hydrogen) atoms. The summed E-state index contributed by atoms with van der Waals surface area (Å²) in [5, 5.41) is 3.60. The van der Waals surface area contributed by atoms with Crippen LogP contribution >= 0.6 is 11.6 Å². The van der Waals surface area contributed by atoms with Gasteiger partial charge >= 0.3 is 0 Å². The number of ether oxygens (including phenoxy) is 2. The summed E-state index contributed by atoms with van der Waals surface area (Å²) in [6, 6.07) is 14.0. The van der Waals surface area contributed by atoms with E-state index in [0.29, 0.717) is 36.1 Å². The number of rotatable bonds is 10. The largest absolute Gasteiger partial charge is 0.497 e. The Labute approximate surface area is 195 Å². The number of nitrogens with one attached hydrogen (secondary N) is 1. The van der Waals surface area contributed by atoms with E-state index < -0.39 is 6.04 Å². The Balaban J connectivity index is 2.05. The van der Waals surface area contributed by atoms with Crippen molar-refractivity contribution in [3.63, 3.8) is 0 Å². The minimum atomic E-state index is -0.620. The van der Waals surface area contributed by atoms with Gasteiger partial charge in [-0.25, -0.2) is 0 Å². The minimum absolute atomic E-state index is 0.107. The van der Waals surface area contributed by atoms with Crippen molar-refractivity contribution in [2.45, 2.75) is 58.7 Å². The highest BCUT2D eigenvalue weighted by atomic mass is 35.5. The van der Waals surface area contributed by atoms with Crippen LogP contribution in [0.2, 0.25) is 5.02 Å². The van der Waals surface area contributed by atoms with E-state index in [-0.39, 0.29) is 23.8 Å². The van der Waals surface area contributed by atoms with Gasteiger partial charge in [-0.15, -0.1) is 0 Å². The molecule has 0 aliphatic rings. The van der Waals surface area contributed by atoms with Gasteiger partial charge in [-0.05, 0) is 76.1 Å². The van der Waals surface area contributed by atoms with Crippen molar-refractivity contribution >= 4 is 23.4 Å².